The Morgan fingerprint density at radius 3 is 2.29 bits per heavy atom. The molecule has 0 radical (unpaired) electrons. The Labute approximate surface area is 101 Å². The fourth-order valence-electron chi connectivity index (χ4n) is 0.915. The molecule has 0 bridgehead atoms. The van der Waals surface area contributed by atoms with Crippen LogP contribution in [0, 0.1) is 0 Å². The molecule has 0 amide bonds. The van der Waals surface area contributed by atoms with Gasteiger partial charge in [-0.15, -0.1) is 0 Å². The maximum atomic E-state index is 11.2. The highest BCUT2D eigenvalue weighted by Crippen LogP contribution is 1.94. The Hall–Kier alpha value is -0.950. The first-order chi connectivity index (χ1) is 8.22. The molecular formula is C11H20O6. The Morgan fingerprint density at radius 2 is 1.71 bits per heavy atom. The van der Waals surface area contributed by atoms with E-state index in [4.69, 9.17) is 24.1 Å². The second-order valence-electron chi connectivity index (χ2n) is 3.12. The number of hydrogen-bond donors (Lipinski definition) is 1. The SMILES string of the molecule is C=C(COC)C(=O)OCCOCCOCCO. The molecule has 0 aliphatic heterocycles. The highest BCUT2D eigenvalue weighted by atomic mass is 16.6. The van der Waals surface area contributed by atoms with Gasteiger partial charge < -0.3 is 24.1 Å². The molecule has 0 saturated carbocycles. The van der Waals surface area contributed by atoms with Crippen molar-refractivity contribution in [3.8, 4) is 0 Å². The molecule has 0 saturated heterocycles. The molecule has 6 nitrogen and oxygen atoms in total. The monoisotopic (exact) mass is 248 g/mol. The molecule has 0 aromatic heterocycles. The number of rotatable bonds is 11. The van der Waals surface area contributed by atoms with Gasteiger partial charge in [0.25, 0.3) is 0 Å². The summed E-state index contributed by atoms with van der Waals surface area (Å²) in [5, 5.41) is 8.42. The number of aliphatic hydroxyl groups is 1. The van der Waals surface area contributed by atoms with Gasteiger partial charge in [-0.3, -0.25) is 0 Å². The minimum Gasteiger partial charge on any atom is -0.460 e. The third-order valence-electron chi connectivity index (χ3n) is 1.68. The van der Waals surface area contributed by atoms with Gasteiger partial charge in [-0.2, -0.15) is 0 Å². The summed E-state index contributed by atoms with van der Waals surface area (Å²) in [5.41, 5.74) is 0.277. The summed E-state index contributed by atoms with van der Waals surface area (Å²) < 4.78 is 19.7. The zero-order valence-corrected chi connectivity index (χ0v) is 10.1. The van der Waals surface area contributed by atoms with Crippen molar-refractivity contribution in [2.24, 2.45) is 0 Å². The number of ether oxygens (including phenoxy) is 4. The van der Waals surface area contributed by atoms with Crippen LogP contribution in [0.5, 0.6) is 0 Å². The van der Waals surface area contributed by atoms with Gasteiger partial charge in [0.15, 0.2) is 0 Å². The van der Waals surface area contributed by atoms with Crippen LogP contribution in [-0.4, -0.2) is 64.4 Å². The van der Waals surface area contributed by atoms with Crippen molar-refractivity contribution < 1.29 is 28.8 Å². The van der Waals surface area contributed by atoms with E-state index in [2.05, 4.69) is 6.58 Å². The lowest BCUT2D eigenvalue weighted by atomic mass is 10.3. The Morgan fingerprint density at radius 1 is 1.12 bits per heavy atom. The van der Waals surface area contributed by atoms with Crippen LogP contribution < -0.4 is 0 Å². The van der Waals surface area contributed by atoms with Crippen molar-refractivity contribution >= 4 is 5.97 Å². The van der Waals surface area contributed by atoms with Gasteiger partial charge in [0.2, 0.25) is 0 Å². The molecule has 0 heterocycles. The first-order valence-electron chi connectivity index (χ1n) is 5.32. The smallest absolute Gasteiger partial charge is 0.335 e. The molecule has 1 N–H and O–H groups in total. The van der Waals surface area contributed by atoms with Gasteiger partial charge in [-0.1, -0.05) is 6.58 Å². The first-order valence-corrected chi connectivity index (χ1v) is 5.32. The molecule has 17 heavy (non-hydrogen) atoms. The standard InChI is InChI=1S/C11H20O6/c1-10(9-14-2)11(13)17-8-7-16-6-5-15-4-3-12/h12H,1,3-9H2,2H3. The van der Waals surface area contributed by atoms with Gasteiger partial charge in [-0.05, 0) is 0 Å². The number of carbonyl (C=O) groups is 1. The first kappa shape index (κ1) is 16.1. The van der Waals surface area contributed by atoms with E-state index in [9.17, 15) is 4.79 Å². The molecule has 0 unspecified atom stereocenters. The van der Waals surface area contributed by atoms with E-state index in [-0.39, 0.29) is 25.4 Å². The minimum atomic E-state index is -0.480. The average molecular weight is 248 g/mol. The van der Waals surface area contributed by atoms with Gasteiger partial charge in [0, 0.05) is 7.11 Å². The molecule has 0 aliphatic rings. The molecular weight excluding hydrogens is 228 g/mol. The number of carbonyl (C=O) groups excluding carboxylic acids is 1. The second-order valence-corrected chi connectivity index (χ2v) is 3.12. The summed E-state index contributed by atoms with van der Waals surface area (Å²) in [6, 6.07) is 0. The van der Waals surface area contributed by atoms with Crippen LogP contribution in [0.3, 0.4) is 0 Å². The summed E-state index contributed by atoms with van der Waals surface area (Å²) >= 11 is 0. The number of hydrogen-bond acceptors (Lipinski definition) is 6. The van der Waals surface area contributed by atoms with Crippen LogP contribution in [0.25, 0.3) is 0 Å². The van der Waals surface area contributed by atoms with Crippen LogP contribution in [0.4, 0.5) is 0 Å². The molecule has 0 aromatic carbocycles. The normalized spacial score (nSPS) is 10.2. The molecule has 0 aromatic rings. The molecule has 0 rings (SSSR count). The van der Waals surface area contributed by atoms with Crippen molar-refractivity contribution in [3.05, 3.63) is 12.2 Å². The highest BCUT2D eigenvalue weighted by Gasteiger charge is 2.07. The van der Waals surface area contributed by atoms with E-state index in [0.29, 0.717) is 26.4 Å². The van der Waals surface area contributed by atoms with E-state index in [1.165, 1.54) is 7.11 Å². The van der Waals surface area contributed by atoms with Crippen molar-refractivity contribution in [3.63, 3.8) is 0 Å². The summed E-state index contributed by atoms with van der Waals surface area (Å²) in [4.78, 5) is 11.2. The summed E-state index contributed by atoms with van der Waals surface area (Å²) in [7, 11) is 1.48. The number of methoxy groups -OCH3 is 1. The molecule has 0 atom stereocenters. The molecule has 0 aliphatic carbocycles. The molecule has 0 spiro atoms. The predicted molar refractivity (Wildman–Crippen MR) is 60.7 cm³/mol. The van der Waals surface area contributed by atoms with E-state index < -0.39 is 5.97 Å². The molecule has 6 heteroatoms. The lowest BCUT2D eigenvalue weighted by molar-refractivity contribution is -0.141. The lowest BCUT2D eigenvalue weighted by Crippen LogP contribution is -2.16. The minimum absolute atomic E-state index is 0.000770. The van der Waals surface area contributed by atoms with E-state index in [1.807, 2.05) is 0 Å². The number of esters is 1. The van der Waals surface area contributed by atoms with Gasteiger partial charge in [0.05, 0.1) is 45.2 Å². The quantitative estimate of drug-likeness (QED) is 0.309. The van der Waals surface area contributed by atoms with Crippen LogP contribution in [0.15, 0.2) is 12.2 Å². The summed E-state index contributed by atoms with van der Waals surface area (Å²) in [6.45, 7) is 5.25. The molecule has 0 fully saturated rings. The average Bonchev–Trinajstić information content (AvgIpc) is 2.32. The van der Waals surface area contributed by atoms with Gasteiger partial charge in [-0.25, -0.2) is 4.79 Å². The highest BCUT2D eigenvalue weighted by molar-refractivity contribution is 5.87. The maximum absolute atomic E-state index is 11.2. The Kier molecular flexibility index (Phi) is 10.9. The van der Waals surface area contributed by atoms with Crippen LogP contribution in [0.2, 0.25) is 0 Å². The second kappa shape index (κ2) is 11.5. The topological polar surface area (TPSA) is 74.2 Å². The van der Waals surface area contributed by atoms with Crippen molar-refractivity contribution in [2.45, 2.75) is 0 Å². The van der Waals surface area contributed by atoms with Gasteiger partial charge in [0.1, 0.15) is 6.61 Å². The zero-order valence-electron chi connectivity index (χ0n) is 10.1. The zero-order chi connectivity index (χ0) is 12.9. The largest absolute Gasteiger partial charge is 0.460 e. The van der Waals surface area contributed by atoms with E-state index in [1.54, 1.807) is 0 Å². The fraction of sp³-hybridized carbons (Fsp3) is 0.727. The van der Waals surface area contributed by atoms with Crippen LogP contribution >= 0.6 is 0 Å². The Balaban J connectivity index is 3.27. The van der Waals surface area contributed by atoms with E-state index >= 15 is 0 Å². The molecule has 100 valence electrons. The van der Waals surface area contributed by atoms with Gasteiger partial charge >= 0.3 is 5.97 Å². The number of aliphatic hydroxyl groups excluding tert-OH is 1. The van der Waals surface area contributed by atoms with Crippen molar-refractivity contribution in [1.82, 2.24) is 0 Å². The van der Waals surface area contributed by atoms with Crippen LogP contribution in [-0.2, 0) is 23.7 Å². The van der Waals surface area contributed by atoms with Crippen molar-refractivity contribution in [2.75, 3.05) is 53.4 Å². The third kappa shape index (κ3) is 9.95. The summed E-state index contributed by atoms with van der Waals surface area (Å²) in [6.07, 6.45) is 0. The van der Waals surface area contributed by atoms with Crippen LogP contribution in [0.1, 0.15) is 0 Å². The van der Waals surface area contributed by atoms with E-state index in [0.717, 1.165) is 0 Å². The van der Waals surface area contributed by atoms with Crippen molar-refractivity contribution in [1.29, 1.82) is 0 Å². The third-order valence-corrected chi connectivity index (χ3v) is 1.68. The Bertz CT molecular complexity index is 216. The lowest BCUT2D eigenvalue weighted by Gasteiger charge is -2.07. The maximum Gasteiger partial charge on any atom is 0.335 e. The fourth-order valence-corrected chi connectivity index (χ4v) is 0.915. The predicted octanol–water partition coefficient (Wildman–Crippen LogP) is -0.242. The summed E-state index contributed by atoms with van der Waals surface area (Å²) in [5.74, 6) is -0.480.